The van der Waals surface area contributed by atoms with Crippen LogP contribution in [0.15, 0.2) is 30.5 Å². The van der Waals surface area contributed by atoms with Crippen molar-refractivity contribution in [2.45, 2.75) is 18.9 Å². The summed E-state index contributed by atoms with van der Waals surface area (Å²) in [4.78, 5) is 7.85. The second kappa shape index (κ2) is 4.82. The minimum Gasteiger partial charge on any atom is -0.497 e. The summed E-state index contributed by atoms with van der Waals surface area (Å²) in [6, 6.07) is 8.37. The smallest absolute Gasteiger partial charge is 0.137 e. The zero-order chi connectivity index (χ0) is 12.4. The summed E-state index contributed by atoms with van der Waals surface area (Å²) < 4.78 is 5.23. The standard InChI is InChI=1S/C14H17N3O/c1-18-11-5-2-4-10(8-11)14-16-9-13(17-14)12-6-3-7-15-12/h2,4-5,8-9,12,15H,3,6-7H2,1H3,(H,16,17). The van der Waals surface area contributed by atoms with Crippen LogP contribution in [-0.2, 0) is 0 Å². The lowest BCUT2D eigenvalue weighted by Gasteiger charge is -2.06. The number of nitrogens with one attached hydrogen (secondary N) is 2. The Hall–Kier alpha value is -1.81. The molecule has 1 aliphatic heterocycles. The summed E-state index contributed by atoms with van der Waals surface area (Å²) in [6.07, 6.45) is 4.34. The van der Waals surface area contributed by atoms with Crippen LogP contribution in [0.3, 0.4) is 0 Å². The molecular weight excluding hydrogens is 226 g/mol. The fraction of sp³-hybridized carbons (Fsp3) is 0.357. The first kappa shape index (κ1) is 11.3. The van der Waals surface area contributed by atoms with Crippen molar-refractivity contribution in [2.75, 3.05) is 13.7 Å². The molecule has 0 saturated carbocycles. The van der Waals surface area contributed by atoms with Crippen LogP contribution in [0.4, 0.5) is 0 Å². The zero-order valence-electron chi connectivity index (χ0n) is 10.4. The molecule has 1 saturated heterocycles. The highest BCUT2D eigenvalue weighted by Crippen LogP contribution is 2.25. The molecule has 4 heteroatoms. The number of aromatic amines is 1. The Morgan fingerprint density at radius 1 is 1.39 bits per heavy atom. The van der Waals surface area contributed by atoms with E-state index in [2.05, 4.69) is 15.3 Å². The van der Waals surface area contributed by atoms with Crippen molar-refractivity contribution in [3.8, 4) is 17.1 Å². The van der Waals surface area contributed by atoms with Crippen molar-refractivity contribution in [1.82, 2.24) is 15.3 Å². The molecular formula is C14H17N3O. The molecule has 0 bridgehead atoms. The summed E-state index contributed by atoms with van der Waals surface area (Å²) in [5, 5.41) is 3.46. The number of methoxy groups -OCH3 is 1. The van der Waals surface area contributed by atoms with E-state index in [1.165, 1.54) is 18.5 Å². The molecule has 1 aromatic heterocycles. The Morgan fingerprint density at radius 3 is 3.11 bits per heavy atom. The molecule has 2 aromatic rings. The van der Waals surface area contributed by atoms with Crippen LogP contribution in [0, 0.1) is 0 Å². The number of nitrogens with zero attached hydrogens (tertiary/aromatic N) is 1. The second-order valence-corrected chi connectivity index (χ2v) is 4.57. The number of hydrogen-bond acceptors (Lipinski definition) is 3. The molecule has 1 aliphatic rings. The van der Waals surface area contributed by atoms with Gasteiger partial charge in [-0.2, -0.15) is 0 Å². The number of rotatable bonds is 3. The van der Waals surface area contributed by atoms with Gasteiger partial charge in [0.15, 0.2) is 0 Å². The van der Waals surface area contributed by atoms with Gasteiger partial charge in [-0.1, -0.05) is 12.1 Å². The molecule has 0 spiro atoms. The molecule has 4 nitrogen and oxygen atoms in total. The topological polar surface area (TPSA) is 49.9 Å². The van der Waals surface area contributed by atoms with E-state index in [0.29, 0.717) is 6.04 Å². The number of imidazole rings is 1. The molecule has 1 unspecified atom stereocenters. The summed E-state index contributed by atoms with van der Waals surface area (Å²) in [5.41, 5.74) is 2.23. The van der Waals surface area contributed by atoms with E-state index >= 15 is 0 Å². The summed E-state index contributed by atoms with van der Waals surface area (Å²) in [5.74, 6) is 1.75. The van der Waals surface area contributed by atoms with E-state index in [0.717, 1.165) is 23.7 Å². The highest BCUT2D eigenvalue weighted by Gasteiger charge is 2.18. The van der Waals surface area contributed by atoms with Gasteiger partial charge in [0.1, 0.15) is 11.6 Å². The van der Waals surface area contributed by atoms with Crippen LogP contribution in [-0.4, -0.2) is 23.6 Å². The zero-order valence-corrected chi connectivity index (χ0v) is 10.4. The minimum absolute atomic E-state index is 0.428. The number of hydrogen-bond donors (Lipinski definition) is 2. The van der Waals surface area contributed by atoms with Crippen molar-refractivity contribution in [3.05, 3.63) is 36.2 Å². The van der Waals surface area contributed by atoms with Gasteiger partial charge in [-0.15, -0.1) is 0 Å². The van der Waals surface area contributed by atoms with E-state index in [1.54, 1.807) is 7.11 Å². The minimum atomic E-state index is 0.428. The summed E-state index contributed by atoms with van der Waals surface area (Å²) in [7, 11) is 1.68. The molecule has 2 heterocycles. The quantitative estimate of drug-likeness (QED) is 0.870. The molecule has 94 valence electrons. The van der Waals surface area contributed by atoms with Gasteiger partial charge in [-0.05, 0) is 31.5 Å². The molecule has 2 N–H and O–H groups in total. The number of ether oxygens (including phenoxy) is 1. The third-order valence-electron chi connectivity index (χ3n) is 3.37. The number of benzene rings is 1. The van der Waals surface area contributed by atoms with Crippen molar-refractivity contribution < 1.29 is 4.74 Å². The first-order valence-electron chi connectivity index (χ1n) is 6.29. The molecule has 0 amide bonds. The molecule has 1 atom stereocenters. The monoisotopic (exact) mass is 243 g/mol. The third-order valence-corrected chi connectivity index (χ3v) is 3.37. The maximum atomic E-state index is 5.23. The normalized spacial score (nSPS) is 19.1. The number of H-pyrrole nitrogens is 1. The van der Waals surface area contributed by atoms with E-state index in [4.69, 9.17) is 4.74 Å². The Bertz CT molecular complexity index is 529. The van der Waals surface area contributed by atoms with Gasteiger partial charge < -0.3 is 15.0 Å². The fourth-order valence-electron chi connectivity index (χ4n) is 2.38. The lowest BCUT2D eigenvalue weighted by molar-refractivity contribution is 0.415. The average molecular weight is 243 g/mol. The lowest BCUT2D eigenvalue weighted by Crippen LogP contribution is -2.12. The molecule has 0 radical (unpaired) electrons. The first-order chi connectivity index (χ1) is 8.86. The molecule has 0 aliphatic carbocycles. The van der Waals surface area contributed by atoms with Crippen LogP contribution in [0.25, 0.3) is 11.4 Å². The molecule has 3 rings (SSSR count). The van der Waals surface area contributed by atoms with Crippen LogP contribution in [0.2, 0.25) is 0 Å². The number of aromatic nitrogens is 2. The van der Waals surface area contributed by atoms with E-state index in [1.807, 2.05) is 30.5 Å². The maximum Gasteiger partial charge on any atom is 0.137 e. The Labute approximate surface area is 106 Å². The van der Waals surface area contributed by atoms with Gasteiger partial charge in [0.2, 0.25) is 0 Å². The van der Waals surface area contributed by atoms with Crippen molar-refractivity contribution in [2.24, 2.45) is 0 Å². The average Bonchev–Trinajstić information content (AvgIpc) is 3.09. The Balaban J connectivity index is 1.87. The van der Waals surface area contributed by atoms with E-state index in [9.17, 15) is 0 Å². The van der Waals surface area contributed by atoms with Crippen molar-refractivity contribution in [3.63, 3.8) is 0 Å². The maximum absolute atomic E-state index is 5.23. The highest BCUT2D eigenvalue weighted by molar-refractivity contribution is 5.57. The van der Waals surface area contributed by atoms with Crippen LogP contribution >= 0.6 is 0 Å². The van der Waals surface area contributed by atoms with Gasteiger partial charge in [0.05, 0.1) is 19.0 Å². The highest BCUT2D eigenvalue weighted by atomic mass is 16.5. The van der Waals surface area contributed by atoms with Gasteiger partial charge in [0, 0.05) is 11.6 Å². The van der Waals surface area contributed by atoms with E-state index < -0.39 is 0 Å². The van der Waals surface area contributed by atoms with Crippen LogP contribution < -0.4 is 10.1 Å². The fourth-order valence-corrected chi connectivity index (χ4v) is 2.38. The summed E-state index contributed by atoms with van der Waals surface area (Å²) in [6.45, 7) is 1.10. The van der Waals surface area contributed by atoms with Crippen molar-refractivity contribution in [1.29, 1.82) is 0 Å². The SMILES string of the molecule is COc1cccc(-c2ncc(C3CCCN3)[nH]2)c1. The lowest BCUT2D eigenvalue weighted by atomic mass is 10.2. The molecule has 1 fully saturated rings. The van der Waals surface area contributed by atoms with Crippen LogP contribution in [0.1, 0.15) is 24.6 Å². The first-order valence-corrected chi connectivity index (χ1v) is 6.29. The molecule has 1 aromatic carbocycles. The predicted octanol–water partition coefficient (Wildman–Crippen LogP) is 2.51. The Kier molecular flexibility index (Phi) is 3.02. The Morgan fingerprint density at radius 2 is 2.33 bits per heavy atom. The van der Waals surface area contributed by atoms with Gasteiger partial charge >= 0.3 is 0 Å². The van der Waals surface area contributed by atoms with E-state index in [-0.39, 0.29) is 0 Å². The van der Waals surface area contributed by atoms with Gasteiger partial charge in [0.25, 0.3) is 0 Å². The largest absolute Gasteiger partial charge is 0.497 e. The van der Waals surface area contributed by atoms with Crippen molar-refractivity contribution >= 4 is 0 Å². The third kappa shape index (κ3) is 2.11. The second-order valence-electron chi connectivity index (χ2n) is 4.57. The molecule has 18 heavy (non-hydrogen) atoms. The van der Waals surface area contributed by atoms with Crippen LogP contribution in [0.5, 0.6) is 5.75 Å². The van der Waals surface area contributed by atoms with Gasteiger partial charge in [-0.3, -0.25) is 0 Å². The summed E-state index contributed by atoms with van der Waals surface area (Å²) >= 11 is 0. The van der Waals surface area contributed by atoms with Gasteiger partial charge in [-0.25, -0.2) is 4.98 Å². The predicted molar refractivity (Wildman–Crippen MR) is 70.6 cm³/mol.